The lowest BCUT2D eigenvalue weighted by molar-refractivity contribution is 0.589. The van der Waals surface area contributed by atoms with Crippen molar-refractivity contribution in [3.63, 3.8) is 0 Å². The van der Waals surface area contributed by atoms with E-state index in [0.29, 0.717) is 11.3 Å². The van der Waals surface area contributed by atoms with Crippen molar-refractivity contribution in [2.24, 2.45) is 5.73 Å². The van der Waals surface area contributed by atoms with Gasteiger partial charge in [0.05, 0.1) is 10.6 Å². The van der Waals surface area contributed by atoms with Crippen LogP contribution in [0.5, 0.6) is 0 Å². The first-order valence-electron chi connectivity index (χ1n) is 5.97. The van der Waals surface area contributed by atoms with Crippen LogP contribution in [-0.4, -0.2) is 20.5 Å². The van der Waals surface area contributed by atoms with Crippen LogP contribution in [0.1, 0.15) is 5.56 Å². The third kappa shape index (κ3) is 3.20. The van der Waals surface area contributed by atoms with Gasteiger partial charge in [-0.15, -0.1) is 0 Å². The van der Waals surface area contributed by atoms with Gasteiger partial charge >= 0.3 is 0 Å². The molecule has 0 heterocycles. The Kier molecular flexibility index (Phi) is 4.24. The molecule has 21 heavy (non-hydrogen) atoms. The van der Waals surface area contributed by atoms with Gasteiger partial charge in [-0.1, -0.05) is 18.3 Å². The molecule has 110 valence electrons. The van der Waals surface area contributed by atoms with Gasteiger partial charge in [0.1, 0.15) is 10.8 Å². The summed E-state index contributed by atoms with van der Waals surface area (Å²) in [5.41, 5.74) is 6.57. The Morgan fingerprint density at radius 2 is 1.81 bits per heavy atom. The van der Waals surface area contributed by atoms with Crippen molar-refractivity contribution in [3.05, 3.63) is 59.9 Å². The Hall–Kier alpha value is -1.99. The van der Waals surface area contributed by atoms with E-state index in [0.717, 1.165) is 10.4 Å². The van der Waals surface area contributed by atoms with Gasteiger partial charge < -0.3 is 5.73 Å². The molecular weight excluding hydrogens is 311 g/mol. The van der Waals surface area contributed by atoms with Gasteiger partial charge in [0.25, 0.3) is 10.0 Å². The fourth-order valence-electron chi connectivity index (χ4n) is 1.76. The lowest BCUT2D eigenvalue weighted by Gasteiger charge is -2.19. The van der Waals surface area contributed by atoms with Gasteiger partial charge in [0.15, 0.2) is 0 Å². The molecule has 2 rings (SSSR count). The molecule has 0 aliphatic carbocycles. The molecule has 0 aliphatic heterocycles. The molecule has 0 unspecified atom stereocenters. The number of rotatable bonds is 4. The van der Waals surface area contributed by atoms with Crippen LogP contribution in [0.4, 0.5) is 10.1 Å². The molecule has 4 nitrogen and oxygen atoms in total. The van der Waals surface area contributed by atoms with Crippen molar-refractivity contribution in [2.45, 2.75) is 4.90 Å². The van der Waals surface area contributed by atoms with Crippen molar-refractivity contribution < 1.29 is 12.8 Å². The zero-order chi connectivity index (χ0) is 15.6. The quantitative estimate of drug-likeness (QED) is 0.877. The van der Waals surface area contributed by atoms with Gasteiger partial charge in [0.2, 0.25) is 0 Å². The first-order valence-corrected chi connectivity index (χ1v) is 7.81. The molecule has 0 aliphatic rings. The average Bonchev–Trinajstić information content (AvgIpc) is 2.46. The number of halogens is 1. The molecule has 0 fully saturated rings. The maximum Gasteiger partial charge on any atom is 0.264 e. The van der Waals surface area contributed by atoms with E-state index >= 15 is 0 Å². The number of benzene rings is 2. The molecule has 2 N–H and O–H groups in total. The second kappa shape index (κ2) is 5.79. The van der Waals surface area contributed by atoms with Crippen molar-refractivity contribution >= 4 is 32.9 Å². The third-order valence-corrected chi connectivity index (χ3v) is 4.99. The maximum absolute atomic E-state index is 13.2. The van der Waals surface area contributed by atoms with Crippen LogP contribution in [0.15, 0.2) is 53.4 Å². The molecule has 0 aromatic heterocycles. The Bertz CT molecular complexity index is 774. The summed E-state index contributed by atoms with van der Waals surface area (Å²) in [7, 11) is -2.42. The number of nitrogens with two attached hydrogens (primary N) is 1. The Morgan fingerprint density at radius 3 is 2.33 bits per heavy atom. The van der Waals surface area contributed by atoms with Gasteiger partial charge in [-0.3, -0.25) is 4.31 Å². The predicted octanol–water partition coefficient (Wildman–Crippen LogP) is 2.29. The highest BCUT2D eigenvalue weighted by atomic mass is 32.2. The summed E-state index contributed by atoms with van der Waals surface area (Å²) in [6.45, 7) is 0. The second-order valence-electron chi connectivity index (χ2n) is 4.34. The zero-order valence-corrected chi connectivity index (χ0v) is 12.8. The number of thiocarbonyl (C=S) groups is 1. The molecule has 0 atom stereocenters. The van der Waals surface area contributed by atoms with Crippen molar-refractivity contribution in [1.82, 2.24) is 0 Å². The first-order chi connectivity index (χ1) is 9.82. The monoisotopic (exact) mass is 324 g/mol. The van der Waals surface area contributed by atoms with Crippen LogP contribution < -0.4 is 10.0 Å². The fraction of sp³-hybridized carbons (Fsp3) is 0.0714. The lowest BCUT2D eigenvalue weighted by atomic mass is 10.2. The molecule has 0 amide bonds. The summed E-state index contributed by atoms with van der Waals surface area (Å²) in [6, 6.07) is 11.3. The lowest BCUT2D eigenvalue weighted by Crippen LogP contribution is -2.26. The fourth-order valence-corrected chi connectivity index (χ4v) is 3.12. The molecule has 0 spiro atoms. The molecule has 7 heteroatoms. The Balaban J connectivity index is 2.38. The largest absolute Gasteiger partial charge is 0.389 e. The van der Waals surface area contributed by atoms with E-state index < -0.39 is 15.8 Å². The normalized spacial score (nSPS) is 11.1. The van der Waals surface area contributed by atoms with E-state index in [-0.39, 0.29) is 9.88 Å². The molecule has 0 saturated heterocycles. The minimum absolute atomic E-state index is 0.108. The number of hydrogen-bond donors (Lipinski definition) is 1. The standard InChI is InChI=1S/C14H13FN2O2S2/c1-17(12-7-5-10(6-8-12)14(16)20)21(18,19)13-4-2-3-11(15)9-13/h2-9H,1H3,(H2,16,20). The summed E-state index contributed by atoms with van der Waals surface area (Å²) < 4.78 is 39.1. The average molecular weight is 324 g/mol. The summed E-state index contributed by atoms with van der Waals surface area (Å²) in [4.78, 5) is 0.126. The molecule has 0 radical (unpaired) electrons. The zero-order valence-electron chi connectivity index (χ0n) is 11.2. The molecule has 2 aromatic rings. The van der Waals surface area contributed by atoms with Gasteiger partial charge in [-0.2, -0.15) is 0 Å². The smallest absolute Gasteiger partial charge is 0.264 e. The number of hydrogen-bond acceptors (Lipinski definition) is 3. The molecule has 2 aromatic carbocycles. The van der Waals surface area contributed by atoms with E-state index in [1.165, 1.54) is 25.2 Å². The van der Waals surface area contributed by atoms with E-state index in [1.807, 2.05) is 0 Å². The highest BCUT2D eigenvalue weighted by Crippen LogP contribution is 2.22. The summed E-state index contributed by atoms with van der Waals surface area (Å²) >= 11 is 4.84. The van der Waals surface area contributed by atoms with Crippen molar-refractivity contribution in [2.75, 3.05) is 11.4 Å². The van der Waals surface area contributed by atoms with Crippen molar-refractivity contribution in [3.8, 4) is 0 Å². The van der Waals surface area contributed by atoms with Crippen molar-refractivity contribution in [1.29, 1.82) is 0 Å². The van der Waals surface area contributed by atoms with Crippen LogP contribution in [0.3, 0.4) is 0 Å². The highest BCUT2D eigenvalue weighted by molar-refractivity contribution is 7.92. The molecular formula is C14H13FN2O2S2. The van der Waals surface area contributed by atoms with E-state index in [9.17, 15) is 12.8 Å². The SMILES string of the molecule is CN(c1ccc(C(N)=S)cc1)S(=O)(=O)c1cccc(F)c1. The van der Waals surface area contributed by atoms with Crippen LogP contribution in [-0.2, 0) is 10.0 Å². The number of anilines is 1. The van der Waals surface area contributed by atoms with Crippen LogP contribution in [0, 0.1) is 5.82 Å². The predicted molar refractivity (Wildman–Crippen MR) is 84.3 cm³/mol. The third-order valence-electron chi connectivity index (χ3n) is 2.97. The number of sulfonamides is 1. The van der Waals surface area contributed by atoms with Gasteiger partial charge in [0, 0.05) is 12.6 Å². The second-order valence-corrected chi connectivity index (χ2v) is 6.75. The van der Waals surface area contributed by atoms with E-state index in [1.54, 1.807) is 24.3 Å². The Labute approximate surface area is 128 Å². The van der Waals surface area contributed by atoms with Crippen LogP contribution >= 0.6 is 12.2 Å². The topological polar surface area (TPSA) is 63.4 Å². The van der Waals surface area contributed by atoms with Gasteiger partial charge in [-0.25, -0.2) is 12.8 Å². The summed E-state index contributed by atoms with van der Waals surface area (Å²) in [6.07, 6.45) is 0. The first kappa shape index (κ1) is 15.4. The maximum atomic E-state index is 13.2. The highest BCUT2D eigenvalue weighted by Gasteiger charge is 2.21. The Morgan fingerprint density at radius 1 is 1.19 bits per heavy atom. The molecule has 0 saturated carbocycles. The van der Waals surface area contributed by atoms with Crippen LogP contribution in [0.25, 0.3) is 0 Å². The van der Waals surface area contributed by atoms with E-state index in [2.05, 4.69) is 0 Å². The van der Waals surface area contributed by atoms with E-state index in [4.69, 9.17) is 18.0 Å². The number of nitrogens with zero attached hydrogens (tertiary/aromatic N) is 1. The summed E-state index contributed by atoms with van der Waals surface area (Å²) in [5, 5.41) is 0. The van der Waals surface area contributed by atoms with Gasteiger partial charge in [-0.05, 0) is 42.5 Å². The summed E-state index contributed by atoms with van der Waals surface area (Å²) in [5.74, 6) is -0.603. The minimum atomic E-state index is -3.82. The van der Waals surface area contributed by atoms with Crippen LogP contribution in [0.2, 0.25) is 0 Å². The molecule has 0 bridgehead atoms. The minimum Gasteiger partial charge on any atom is -0.389 e.